The highest BCUT2D eigenvalue weighted by atomic mass is 16.7. The predicted octanol–water partition coefficient (Wildman–Crippen LogP) is -4.56. The first-order chi connectivity index (χ1) is 15.5. The molecule has 3 rings (SSSR count). The van der Waals surface area contributed by atoms with Crippen molar-refractivity contribution in [3.8, 4) is 0 Å². The Morgan fingerprint density at radius 3 is 1.85 bits per heavy atom. The van der Waals surface area contributed by atoms with Crippen molar-refractivity contribution in [1.29, 1.82) is 0 Å². The molecule has 0 spiro atoms. The van der Waals surface area contributed by atoms with Gasteiger partial charge in [-0.2, -0.15) is 0 Å². The second-order valence-electron chi connectivity index (χ2n) is 9.33. The van der Waals surface area contributed by atoms with Gasteiger partial charge in [0.1, 0.15) is 42.7 Å². The Morgan fingerprint density at radius 2 is 1.30 bits per heavy atom. The fourth-order valence-corrected chi connectivity index (χ4v) is 4.74. The lowest BCUT2D eigenvalue weighted by atomic mass is 9.84. The lowest BCUT2D eigenvalue weighted by Gasteiger charge is -2.48. The lowest BCUT2D eigenvalue weighted by Crippen LogP contribution is -2.68. The van der Waals surface area contributed by atoms with Gasteiger partial charge < -0.3 is 66.8 Å². The first-order valence-corrected chi connectivity index (χ1v) is 11.4. The number of ether oxygens (including phenoxy) is 4. The van der Waals surface area contributed by atoms with Gasteiger partial charge in [0.05, 0.1) is 24.9 Å². The number of aliphatic hydroxyl groups excluding tert-OH is 6. The lowest BCUT2D eigenvalue weighted by molar-refractivity contribution is -0.325. The van der Waals surface area contributed by atoms with E-state index in [9.17, 15) is 30.6 Å². The van der Waals surface area contributed by atoms with E-state index in [1.54, 1.807) is 13.8 Å². The Morgan fingerprint density at radius 1 is 0.758 bits per heavy atom. The molecule has 1 aliphatic carbocycles. The van der Waals surface area contributed by atoms with Crippen LogP contribution in [0.3, 0.4) is 0 Å². The maximum Gasteiger partial charge on any atom is 0.186 e. The Kier molecular flexibility index (Phi) is 9.05. The molecular weight excluding hydrogens is 442 g/mol. The minimum Gasteiger partial charge on any atom is -0.394 e. The molecule has 0 aromatic rings. The maximum absolute atomic E-state index is 11.0. The highest BCUT2D eigenvalue weighted by Crippen LogP contribution is 2.33. The third-order valence-electron chi connectivity index (χ3n) is 6.99. The molecule has 0 amide bonds. The molecular formula is C20H39N3O10. The highest BCUT2D eigenvalue weighted by molar-refractivity contribution is 5.01. The van der Waals surface area contributed by atoms with E-state index >= 15 is 0 Å². The van der Waals surface area contributed by atoms with Crippen LogP contribution >= 0.6 is 0 Å². The van der Waals surface area contributed by atoms with Crippen LogP contribution in [0.15, 0.2) is 0 Å². The van der Waals surface area contributed by atoms with Crippen LogP contribution in [0.5, 0.6) is 0 Å². The van der Waals surface area contributed by atoms with Crippen molar-refractivity contribution >= 4 is 0 Å². The third-order valence-corrected chi connectivity index (χ3v) is 6.99. The van der Waals surface area contributed by atoms with Gasteiger partial charge in [-0.1, -0.05) is 13.8 Å². The average molecular weight is 482 g/mol. The maximum atomic E-state index is 11.0. The molecule has 13 nitrogen and oxygen atoms in total. The zero-order valence-corrected chi connectivity index (χ0v) is 18.8. The van der Waals surface area contributed by atoms with Gasteiger partial charge in [-0.3, -0.25) is 0 Å². The fourth-order valence-electron chi connectivity index (χ4n) is 4.74. The fraction of sp³-hybridized carbons (Fsp3) is 1.00. The standard InChI is InChI=1S/C20H39N3O10/c1-3-9-14(27)12(25)6(2)19(30-9)32-17-7(21)4-8(22)18(16(17)29)33-20-15(28)11(23)13(26)10(5-24)31-20/h6-20,24-29H,3-5,21-23H2,1-2H3. The van der Waals surface area contributed by atoms with Crippen molar-refractivity contribution in [1.82, 2.24) is 0 Å². The number of rotatable bonds is 6. The zero-order chi connectivity index (χ0) is 24.6. The predicted molar refractivity (Wildman–Crippen MR) is 112 cm³/mol. The van der Waals surface area contributed by atoms with Crippen LogP contribution in [0, 0.1) is 5.92 Å². The summed E-state index contributed by atoms with van der Waals surface area (Å²) in [5.74, 6) is -0.606. The van der Waals surface area contributed by atoms with Crippen molar-refractivity contribution in [2.75, 3.05) is 6.61 Å². The quantitative estimate of drug-likeness (QED) is 0.174. The molecule has 12 N–H and O–H groups in total. The SMILES string of the molecule is CCC1OC(OC2C(N)CC(N)C(OC3OC(CO)C(O)C(N)C3O)C2O)C(C)C(O)C1O. The molecule has 0 bridgehead atoms. The van der Waals surface area contributed by atoms with E-state index in [1.807, 2.05) is 0 Å². The van der Waals surface area contributed by atoms with E-state index in [1.165, 1.54) is 0 Å². The van der Waals surface area contributed by atoms with Crippen molar-refractivity contribution < 1.29 is 49.6 Å². The van der Waals surface area contributed by atoms with E-state index < -0.39 is 98.2 Å². The molecule has 13 heteroatoms. The highest BCUT2D eigenvalue weighted by Gasteiger charge is 2.51. The summed E-state index contributed by atoms with van der Waals surface area (Å²) >= 11 is 0. The largest absolute Gasteiger partial charge is 0.394 e. The van der Waals surface area contributed by atoms with Crippen molar-refractivity contribution in [3.63, 3.8) is 0 Å². The van der Waals surface area contributed by atoms with Crippen LogP contribution in [0.1, 0.15) is 26.7 Å². The van der Waals surface area contributed by atoms with Crippen LogP contribution in [0.25, 0.3) is 0 Å². The molecule has 2 heterocycles. The first kappa shape index (κ1) is 27.1. The van der Waals surface area contributed by atoms with Gasteiger partial charge >= 0.3 is 0 Å². The van der Waals surface area contributed by atoms with Gasteiger partial charge in [0.15, 0.2) is 12.6 Å². The molecule has 0 aromatic carbocycles. The topological polar surface area (TPSA) is 236 Å². The van der Waals surface area contributed by atoms with Gasteiger partial charge in [0, 0.05) is 18.0 Å². The molecule has 2 aliphatic heterocycles. The van der Waals surface area contributed by atoms with Gasteiger partial charge in [0.2, 0.25) is 0 Å². The Labute approximate surface area is 192 Å². The van der Waals surface area contributed by atoms with Crippen LogP contribution in [0.2, 0.25) is 0 Å². The summed E-state index contributed by atoms with van der Waals surface area (Å²) in [7, 11) is 0. The van der Waals surface area contributed by atoms with Crippen molar-refractivity contribution in [2.45, 2.75) is 112 Å². The van der Waals surface area contributed by atoms with Crippen LogP contribution in [-0.2, 0) is 18.9 Å². The second kappa shape index (κ2) is 11.0. The van der Waals surface area contributed by atoms with Crippen molar-refractivity contribution in [3.05, 3.63) is 0 Å². The Bertz CT molecular complexity index is 581. The zero-order valence-electron chi connectivity index (χ0n) is 18.8. The molecule has 2 saturated heterocycles. The minimum atomic E-state index is -1.44. The summed E-state index contributed by atoms with van der Waals surface area (Å²) in [6.45, 7) is 2.90. The number of hydrogen-bond donors (Lipinski definition) is 9. The molecule has 0 aromatic heterocycles. The van der Waals surface area contributed by atoms with Gasteiger partial charge in [-0.15, -0.1) is 0 Å². The summed E-state index contributed by atoms with van der Waals surface area (Å²) in [5, 5.41) is 61.4. The normalized spacial score (nSPS) is 53.7. The molecule has 15 unspecified atom stereocenters. The number of hydrogen-bond acceptors (Lipinski definition) is 13. The van der Waals surface area contributed by atoms with E-state index in [2.05, 4.69) is 0 Å². The molecule has 0 radical (unpaired) electrons. The Balaban J connectivity index is 1.72. The van der Waals surface area contributed by atoms with Gasteiger partial charge in [-0.05, 0) is 12.8 Å². The van der Waals surface area contributed by atoms with E-state index in [0.717, 1.165) is 0 Å². The number of nitrogens with two attached hydrogens (primary N) is 3. The molecule has 15 atom stereocenters. The summed E-state index contributed by atoms with van der Waals surface area (Å²) < 4.78 is 23.0. The van der Waals surface area contributed by atoms with Crippen LogP contribution in [-0.4, -0.2) is 123 Å². The minimum absolute atomic E-state index is 0.191. The average Bonchev–Trinajstić information content (AvgIpc) is 2.79. The van der Waals surface area contributed by atoms with Crippen molar-refractivity contribution in [2.24, 2.45) is 23.1 Å². The summed E-state index contributed by atoms with van der Waals surface area (Å²) in [6.07, 6.45) is -11.8. The number of aliphatic hydroxyl groups is 6. The van der Waals surface area contributed by atoms with E-state index in [0.29, 0.717) is 6.42 Å². The van der Waals surface area contributed by atoms with E-state index in [-0.39, 0.29) is 6.42 Å². The Hall–Kier alpha value is -0.520. The molecule has 194 valence electrons. The van der Waals surface area contributed by atoms with E-state index in [4.69, 9.17) is 36.1 Å². The second-order valence-corrected chi connectivity index (χ2v) is 9.33. The summed E-state index contributed by atoms with van der Waals surface area (Å²) in [6, 6.07) is -2.59. The van der Waals surface area contributed by atoms with Gasteiger partial charge in [-0.25, -0.2) is 0 Å². The van der Waals surface area contributed by atoms with Crippen LogP contribution in [0.4, 0.5) is 0 Å². The molecule has 1 saturated carbocycles. The monoisotopic (exact) mass is 481 g/mol. The third kappa shape index (κ3) is 5.35. The molecule has 3 aliphatic rings. The molecule has 33 heavy (non-hydrogen) atoms. The smallest absolute Gasteiger partial charge is 0.186 e. The molecule has 3 fully saturated rings. The van der Waals surface area contributed by atoms with Crippen LogP contribution < -0.4 is 17.2 Å². The summed E-state index contributed by atoms with van der Waals surface area (Å²) in [4.78, 5) is 0. The first-order valence-electron chi connectivity index (χ1n) is 11.4. The summed E-state index contributed by atoms with van der Waals surface area (Å²) in [5.41, 5.74) is 18.2. The van der Waals surface area contributed by atoms with Gasteiger partial charge in [0.25, 0.3) is 0 Å².